The molecule has 1 heterocycles. The third-order valence-electron chi connectivity index (χ3n) is 11.1. The van der Waals surface area contributed by atoms with Crippen LogP contribution in [0.4, 0.5) is 0 Å². The van der Waals surface area contributed by atoms with E-state index in [0.29, 0.717) is 12.8 Å². The highest BCUT2D eigenvalue weighted by Crippen LogP contribution is 2.22. The van der Waals surface area contributed by atoms with E-state index in [1.54, 1.807) is 6.08 Å². The quantitative estimate of drug-likeness (QED) is 0.0262. The van der Waals surface area contributed by atoms with Gasteiger partial charge in [-0.25, -0.2) is 0 Å². The summed E-state index contributed by atoms with van der Waals surface area (Å²) in [5.74, 6) is -0.218. The Morgan fingerprint density at radius 1 is 0.507 bits per heavy atom. The summed E-state index contributed by atoms with van der Waals surface area (Å²) in [4.78, 5) is 12.9. The molecule has 9 nitrogen and oxygen atoms in total. The highest BCUT2D eigenvalue weighted by atomic mass is 16.7. The molecule has 0 aromatic rings. The fourth-order valence-corrected chi connectivity index (χ4v) is 6.96. The van der Waals surface area contributed by atoms with Gasteiger partial charge in [-0.1, -0.05) is 198 Å². The van der Waals surface area contributed by atoms with Crippen LogP contribution in [0.2, 0.25) is 0 Å². The van der Waals surface area contributed by atoms with Gasteiger partial charge in [-0.15, -0.1) is 0 Å². The molecule has 7 unspecified atom stereocenters. The summed E-state index contributed by atoms with van der Waals surface area (Å²) in [6.07, 6.45) is 69.4. The summed E-state index contributed by atoms with van der Waals surface area (Å²) in [5, 5.41) is 53.7. The zero-order chi connectivity index (χ0) is 50.1. The molecule has 9 heteroatoms. The van der Waals surface area contributed by atoms with Crippen molar-refractivity contribution in [3.8, 4) is 0 Å². The summed E-state index contributed by atoms with van der Waals surface area (Å²) >= 11 is 0. The molecular formula is C60H93NO8. The lowest BCUT2D eigenvalue weighted by Gasteiger charge is -2.40. The van der Waals surface area contributed by atoms with Gasteiger partial charge in [0.15, 0.2) is 6.29 Å². The topological polar surface area (TPSA) is 149 Å². The van der Waals surface area contributed by atoms with Crippen molar-refractivity contribution >= 4 is 5.91 Å². The van der Waals surface area contributed by atoms with Crippen LogP contribution < -0.4 is 5.32 Å². The molecule has 1 aliphatic heterocycles. The van der Waals surface area contributed by atoms with Crippen LogP contribution in [0.5, 0.6) is 0 Å². The largest absolute Gasteiger partial charge is 0.394 e. The van der Waals surface area contributed by atoms with Crippen LogP contribution in [-0.4, -0.2) is 87.5 Å². The number of carbonyl (C=O) groups is 1. The fourth-order valence-electron chi connectivity index (χ4n) is 6.96. The van der Waals surface area contributed by atoms with Gasteiger partial charge >= 0.3 is 0 Å². The van der Waals surface area contributed by atoms with Gasteiger partial charge in [0.05, 0.1) is 25.4 Å². The number of carbonyl (C=O) groups excluding carboxylic acids is 1. The maximum Gasteiger partial charge on any atom is 0.220 e. The van der Waals surface area contributed by atoms with Crippen LogP contribution in [0.3, 0.4) is 0 Å². The standard InChI is InChI=1S/C60H93NO8/c1-3-5-7-9-10-11-12-13-14-15-16-17-18-19-20-21-22-23-24-25-26-27-28-29-30-31-32-33-34-35-36-37-38-39-40-41-42-43-44-46-48-50-56(64)61-53(54(63)49-47-45-8-6-4-2)52-68-60-59(67)58(66)57(65)55(51-62)69-60/h5,7,10-11,13-14,16-17,19-20,22-23,25-26,28-29,31-32,34-35,37-38,40-41,47,49,53-55,57-60,62-63,65-67H,3-4,6,8-9,12,15,18,21,24,27,30,33,36,39,42-46,48,50-52H2,1-2H3,(H,61,64)/b7-5-,11-10-,14-13-,17-16-,20-19-,23-22-,26-25-,29-28-,32-31-,35-34-,38-37-,41-40-,49-47+. The molecule has 1 aliphatic rings. The molecule has 0 spiro atoms. The number of aliphatic hydroxyl groups is 5. The van der Waals surface area contributed by atoms with Gasteiger partial charge in [0.25, 0.3) is 0 Å². The van der Waals surface area contributed by atoms with Crippen molar-refractivity contribution in [3.05, 3.63) is 158 Å². The van der Waals surface area contributed by atoms with Gasteiger partial charge in [0.1, 0.15) is 24.4 Å². The summed E-state index contributed by atoms with van der Waals surface area (Å²) < 4.78 is 11.1. The maximum atomic E-state index is 12.9. The van der Waals surface area contributed by atoms with Gasteiger partial charge in [0, 0.05) is 6.42 Å². The maximum absolute atomic E-state index is 12.9. The number of hydrogen-bond acceptors (Lipinski definition) is 8. The predicted octanol–water partition coefficient (Wildman–Crippen LogP) is 12.5. The average molecular weight is 956 g/mol. The Kier molecular flexibility index (Phi) is 43.2. The normalized spacial score (nSPS) is 20.8. The lowest BCUT2D eigenvalue weighted by atomic mass is 9.99. The zero-order valence-corrected chi connectivity index (χ0v) is 42.5. The molecule has 0 aliphatic carbocycles. The van der Waals surface area contributed by atoms with Crippen molar-refractivity contribution in [1.82, 2.24) is 5.32 Å². The lowest BCUT2D eigenvalue weighted by molar-refractivity contribution is -0.302. The molecule has 6 N–H and O–H groups in total. The highest BCUT2D eigenvalue weighted by Gasteiger charge is 2.44. The minimum atomic E-state index is -1.58. The summed E-state index contributed by atoms with van der Waals surface area (Å²) in [7, 11) is 0. The molecule has 1 amide bonds. The van der Waals surface area contributed by atoms with E-state index in [2.05, 4.69) is 165 Å². The number of nitrogens with one attached hydrogen (secondary N) is 1. The molecule has 1 rings (SSSR count). The number of hydrogen-bond donors (Lipinski definition) is 6. The van der Waals surface area contributed by atoms with Gasteiger partial charge in [-0.3, -0.25) is 4.79 Å². The van der Waals surface area contributed by atoms with E-state index in [-0.39, 0.29) is 12.5 Å². The number of aliphatic hydroxyl groups excluding tert-OH is 5. The van der Waals surface area contributed by atoms with Crippen LogP contribution in [0.15, 0.2) is 158 Å². The fraction of sp³-hybridized carbons (Fsp3) is 0.550. The Bertz CT molecular complexity index is 1630. The molecule has 0 bridgehead atoms. The number of rotatable bonds is 41. The van der Waals surface area contributed by atoms with Gasteiger partial charge < -0.3 is 40.3 Å². The van der Waals surface area contributed by atoms with Crippen molar-refractivity contribution in [3.63, 3.8) is 0 Å². The van der Waals surface area contributed by atoms with E-state index in [9.17, 15) is 30.3 Å². The SMILES string of the molecule is CC/C=C\C/C=C\C/C=C\C/C=C\C/C=C\C/C=C\C/C=C\C/C=C\C/C=C\C/C=C\C/C=C\C/C=C\CCCCCCC(=O)NC(COC1OC(CO)C(O)C(O)C1O)C(O)/C=C/CCCCC. The Balaban J connectivity index is 2.11. The third-order valence-corrected chi connectivity index (χ3v) is 11.1. The Morgan fingerprint density at radius 3 is 1.32 bits per heavy atom. The zero-order valence-electron chi connectivity index (χ0n) is 42.5. The first-order chi connectivity index (χ1) is 33.8. The van der Waals surface area contributed by atoms with Crippen LogP contribution in [-0.2, 0) is 14.3 Å². The molecule has 7 atom stereocenters. The monoisotopic (exact) mass is 956 g/mol. The third kappa shape index (κ3) is 37.3. The van der Waals surface area contributed by atoms with Crippen molar-refractivity contribution in [2.75, 3.05) is 13.2 Å². The van der Waals surface area contributed by atoms with E-state index >= 15 is 0 Å². The van der Waals surface area contributed by atoms with Gasteiger partial charge in [-0.2, -0.15) is 0 Å². The molecule has 1 fully saturated rings. The second-order valence-corrected chi connectivity index (χ2v) is 17.2. The molecule has 0 saturated carbocycles. The van der Waals surface area contributed by atoms with Crippen LogP contribution in [0.1, 0.15) is 155 Å². The summed E-state index contributed by atoms with van der Waals surface area (Å²) in [6, 6.07) is -0.826. The summed E-state index contributed by atoms with van der Waals surface area (Å²) in [5.41, 5.74) is 0. The first-order valence-electron chi connectivity index (χ1n) is 26.2. The van der Waals surface area contributed by atoms with E-state index in [1.165, 1.54) is 0 Å². The molecule has 0 aromatic carbocycles. The van der Waals surface area contributed by atoms with Crippen LogP contribution in [0, 0.1) is 0 Å². The molecule has 69 heavy (non-hydrogen) atoms. The molecule has 0 radical (unpaired) electrons. The van der Waals surface area contributed by atoms with Crippen molar-refractivity contribution in [1.29, 1.82) is 0 Å². The van der Waals surface area contributed by atoms with Crippen molar-refractivity contribution in [2.45, 2.75) is 198 Å². The molecule has 386 valence electrons. The average Bonchev–Trinajstić information content (AvgIpc) is 3.35. The molecule has 1 saturated heterocycles. The van der Waals surface area contributed by atoms with Crippen molar-refractivity contribution < 1.29 is 39.8 Å². The smallest absolute Gasteiger partial charge is 0.220 e. The number of allylic oxidation sites excluding steroid dienone is 25. The Labute approximate surface area is 418 Å². The first-order valence-corrected chi connectivity index (χ1v) is 26.2. The van der Waals surface area contributed by atoms with Crippen LogP contribution in [0.25, 0.3) is 0 Å². The first kappa shape index (κ1) is 62.8. The Hall–Kier alpha value is -4.19. The van der Waals surface area contributed by atoms with Gasteiger partial charge in [0.2, 0.25) is 5.91 Å². The van der Waals surface area contributed by atoms with E-state index in [0.717, 1.165) is 128 Å². The highest BCUT2D eigenvalue weighted by molar-refractivity contribution is 5.76. The van der Waals surface area contributed by atoms with E-state index in [4.69, 9.17) is 9.47 Å². The second-order valence-electron chi connectivity index (χ2n) is 17.2. The summed E-state index contributed by atoms with van der Waals surface area (Å²) in [6.45, 7) is 3.49. The minimum Gasteiger partial charge on any atom is -0.394 e. The number of unbranched alkanes of at least 4 members (excludes halogenated alkanes) is 7. The minimum absolute atomic E-state index is 0.212. The van der Waals surface area contributed by atoms with E-state index in [1.807, 2.05) is 6.08 Å². The van der Waals surface area contributed by atoms with E-state index < -0.39 is 49.5 Å². The lowest BCUT2D eigenvalue weighted by Crippen LogP contribution is -2.60. The van der Waals surface area contributed by atoms with Gasteiger partial charge in [-0.05, 0) is 109 Å². The van der Waals surface area contributed by atoms with Crippen LogP contribution >= 0.6 is 0 Å². The number of ether oxygens (including phenoxy) is 2. The Morgan fingerprint density at radius 2 is 0.899 bits per heavy atom. The molecular weight excluding hydrogens is 863 g/mol. The predicted molar refractivity (Wildman–Crippen MR) is 289 cm³/mol. The number of amides is 1. The second kappa shape index (κ2) is 47.5. The molecule has 0 aromatic heterocycles. The van der Waals surface area contributed by atoms with Crippen molar-refractivity contribution in [2.24, 2.45) is 0 Å².